The summed E-state index contributed by atoms with van der Waals surface area (Å²) in [6.07, 6.45) is 0. The van der Waals surface area contributed by atoms with Crippen LogP contribution in [0.4, 0.5) is 15.8 Å². The summed E-state index contributed by atoms with van der Waals surface area (Å²) in [6, 6.07) is 4.55. The maximum absolute atomic E-state index is 13.4. The van der Waals surface area contributed by atoms with Gasteiger partial charge in [0.1, 0.15) is 5.82 Å². The molecule has 1 rings (SSSR count). The molecule has 0 aromatic heterocycles. The monoisotopic (exact) mass is 253 g/mol. The molecule has 4 heteroatoms. The Morgan fingerprint density at radius 1 is 1.22 bits per heavy atom. The highest BCUT2D eigenvalue weighted by Crippen LogP contribution is 2.24. The third-order valence-corrected chi connectivity index (χ3v) is 2.74. The number of likely N-dealkylation sites (N-methyl/N-ethyl adjacent to an activating group) is 1. The first-order chi connectivity index (χ1) is 8.40. The molecule has 1 aromatic rings. The lowest BCUT2D eigenvalue weighted by Gasteiger charge is -2.29. The number of benzene rings is 1. The molecule has 102 valence electrons. The zero-order valence-corrected chi connectivity index (χ0v) is 11.8. The fourth-order valence-electron chi connectivity index (χ4n) is 1.86. The molecular weight excluding hydrogens is 229 g/mol. The van der Waals surface area contributed by atoms with Crippen molar-refractivity contribution in [1.29, 1.82) is 0 Å². The maximum Gasteiger partial charge on any atom is 0.125 e. The Morgan fingerprint density at radius 2 is 1.89 bits per heavy atom. The van der Waals surface area contributed by atoms with Crippen LogP contribution in [-0.4, -0.2) is 38.6 Å². The van der Waals surface area contributed by atoms with E-state index in [0.29, 0.717) is 11.6 Å². The second kappa shape index (κ2) is 6.59. The van der Waals surface area contributed by atoms with Gasteiger partial charge >= 0.3 is 0 Å². The molecule has 0 fully saturated rings. The molecule has 0 aliphatic heterocycles. The van der Waals surface area contributed by atoms with Gasteiger partial charge in [0.15, 0.2) is 0 Å². The van der Waals surface area contributed by atoms with Crippen LogP contribution in [-0.2, 0) is 0 Å². The molecule has 0 bridgehead atoms. The molecule has 1 aromatic carbocycles. The zero-order valence-electron chi connectivity index (χ0n) is 11.8. The molecule has 0 saturated carbocycles. The van der Waals surface area contributed by atoms with Crippen LogP contribution in [0.2, 0.25) is 0 Å². The fraction of sp³-hybridized carbons (Fsp3) is 0.571. The first-order valence-corrected chi connectivity index (χ1v) is 6.35. The maximum atomic E-state index is 13.4. The van der Waals surface area contributed by atoms with Crippen molar-refractivity contribution in [3.05, 3.63) is 24.0 Å². The molecule has 0 spiro atoms. The Balaban J connectivity index is 2.89. The Morgan fingerprint density at radius 3 is 2.44 bits per heavy atom. The average Bonchev–Trinajstić information content (AvgIpc) is 2.27. The van der Waals surface area contributed by atoms with Crippen molar-refractivity contribution in [3.8, 4) is 0 Å². The van der Waals surface area contributed by atoms with Crippen LogP contribution in [0, 0.1) is 11.7 Å². The summed E-state index contributed by atoms with van der Waals surface area (Å²) < 4.78 is 13.4. The van der Waals surface area contributed by atoms with E-state index >= 15 is 0 Å². The van der Waals surface area contributed by atoms with Crippen molar-refractivity contribution >= 4 is 11.4 Å². The van der Waals surface area contributed by atoms with Gasteiger partial charge in [-0.3, -0.25) is 0 Å². The van der Waals surface area contributed by atoms with Gasteiger partial charge in [-0.15, -0.1) is 0 Å². The molecule has 0 heterocycles. The van der Waals surface area contributed by atoms with Gasteiger partial charge in [0, 0.05) is 19.6 Å². The van der Waals surface area contributed by atoms with Gasteiger partial charge in [-0.1, -0.05) is 13.8 Å². The van der Waals surface area contributed by atoms with Crippen LogP contribution in [0.3, 0.4) is 0 Å². The summed E-state index contributed by atoms with van der Waals surface area (Å²) in [5, 5.41) is 0. The zero-order chi connectivity index (χ0) is 13.7. The quantitative estimate of drug-likeness (QED) is 0.790. The van der Waals surface area contributed by atoms with E-state index in [4.69, 9.17) is 5.73 Å². The topological polar surface area (TPSA) is 32.5 Å². The van der Waals surface area contributed by atoms with Crippen LogP contribution in [0.25, 0.3) is 0 Å². The van der Waals surface area contributed by atoms with Crippen molar-refractivity contribution < 1.29 is 4.39 Å². The second-order valence-corrected chi connectivity index (χ2v) is 5.35. The molecule has 2 N–H and O–H groups in total. The lowest BCUT2D eigenvalue weighted by Crippen LogP contribution is -2.34. The minimum atomic E-state index is -0.238. The molecule has 0 aliphatic carbocycles. The lowest BCUT2D eigenvalue weighted by molar-refractivity contribution is 0.409. The Labute approximate surface area is 109 Å². The van der Waals surface area contributed by atoms with Gasteiger partial charge in [-0.05, 0) is 38.2 Å². The van der Waals surface area contributed by atoms with Gasteiger partial charge < -0.3 is 15.5 Å². The molecule has 0 unspecified atom stereocenters. The van der Waals surface area contributed by atoms with Crippen molar-refractivity contribution in [2.75, 3.05) is 44.4 Å². The van der Waals surface area contributed by atoms with Gasteiger partial charge in [0.05, 0.1) is 11.4 Å². The number of nitrogen functional groups attached to an aromatic ring is 1. The van der Waals surface area contributed by atoms with E-state index in [2.05, 4.69) is 23.6 Å². The number of hydrogen-bond acceptors (Lipinski definition) is 3. The van der Waals surface area contributed by atoms with E-state index in [1.54, 1.807) is 6.07 Å². The summed E-state index contributed by atoms with van der Waals surface area (Å²) in [7, 11) is 4.06. The third kappa shape index (κ3) is 4.53. The van der Waals surface area contributed by atoms with Crippen molar-refractivity contribution in [2.24, 2.45) is 5.92 Å². The summed E-state index contributed by atoms with van der Waals surface area (Å²) in [5.74, 6) is 0.271. The molecular formula is C14H24FN3. The van der Waals surface area contributed by atoms with Crippen molar-refractivity contribution in [3.63, 3.8) is 0 Å². The number of rotatable bonds is 6. The number of nitrogens with zero attached hydrogens (tertiary/aromatic N) is 2. The van der Waals surface area contributed by atoms with Crippen LogP contribution < -0.4 is 10.6 Å². The van der Waals surface area contributed by atoms with E-state index in [-0.39, 0.29) is 5.82 Å². The predicted octanol–water partition coefficient (Wildman–Crippen LogP) is 2.43. The largest absolute Gasteiger partial charge is 0.397 e. The first kappa shape index (κ1) is 14.8. The average molecular weight is 253 g/mol. The molecule has 0 saturated heterocycles. The lowest BCUT2D eigenvalue weighted by atomic mass is 10.1. The summed E-state index contributed by atoms with van der Waals surface area (Å²) >= 11 is 0. The number of halogens is 1. The third-order valence-electron chi connectivity index (χ3n) is 2.74. The highest BCUT2D eigenvalue weighted by atomic mass is 19.1. The minimum absolute atomic E-state index is 0.238. The summed E-state index contributed by atoms with van der Waals surface area (Å²) in [5.41, 5.74) is 7.38. The molecule has 18 heavy (non-hydrogen) atoms. The Kier molecular flexibility index (Phi) is 5.41. The number of hydrogen-bond donors (Lipinski definition) is 1. The normalized spacial score (nSPS) is 11.3. The molecule has 0 amide bonds. The SMILES string of the molecule is CC(C)CN(CCN(C)C)c1cc(F)ccc1N. The van der Waals surface area contributed by atoms with Gasteiger partial charge in [-0.2, -0.15) is 0 Å². The van der Waals surface area contributed by atoms with Crippen LogP contribution in [0.15, 0.2) is 18.2 Å². The predicted molar refractivity (Wildman–Crippen MR) is 76.4 cm³/mol. The highest BCUT2D eigenvalue weighted by molar-refractivity contribution is 5.67. The molecule has 3 nitrogen and oxygen atoms in total. The Bertz CT molecular complexity index is 377. The summed E-state index contributed by atoms with van der Waals surface area (Å²) in [6.45, 7) is 6.94. The number of nitrogens with two attached hydrogens (primary N) is 1. The molecule has 0 atom stereocenters. The highest BCUT2D eigenvalue weighted by Gasteiger charge is 2.12. The van der Waals surface area contributed by atoms with E-state index in [0.717, 1.165) is 25.3 Å². The standard InChI is InChI=1S/C14H24FN3/c1-11(2)10-18(8-7-17(3)4)14-9-12(15)5-6-13(14)16/h5-6,9,11H,7-8,10,16H2,1-4H3. The summed E-state index contributed by atoms with van der Waals surface area (Å²) in [4.78, 5) is 4.27. The van der Waals surface area contributed by atoms with E-state index in [1.807, 2.05) is 14.1 Å². The van der Waals surface area contributed by atoms with Crippen LogP contribution >= 0.6 is 0 Å². The van der Waals surface area contributed by atoms with Crippen LogP contribution in [0.5, 0.6) is 0 Å². The second-order valence-electron chi connectivity index (χ2n) is 5.35. The number of anilines is 2. The fourth-order valence-corrected chi connectivity index (χ4v) is 1.86. The van der Waals surface area contributed by atoms with E-state index < -0.39 is 0 Å². The minimum Gasteiger partial charge on any atom is -0.397 e. The van der Waals surface area contributed by atoms with Crippen molar-refractivity contribution in [2.45, 2.75) is 13.8 Å². The van der Waals surface area contributed by atoms with Crippen molar-refractivity contribution in [1.82, 2.24) is 4.90 Å². The first-order valence-electron chi connectivity index (χ1n) is 6.35. The van der Waals surface area contributed by atoms with Gasteiger partial charge in [0.25, 0.3) is 0 Å². The Hall–Kier alpha value is -1.29. The smallest absolute Gasteiger partial charge is 0.125 e. The molecule has 0 radical (unpaired) electrons. The van der Waals surface area contributed by atoms with Gasteiger partial charge in [-0.25, -0.2) is 4.39 Å². The van der Waals surface area contributed by atoms with Crippen LogP contribution in [0.1, 0.15) is 13.8 Å². The molecule has 0 aliphatic rings. The van der Waals surface area contributed by atoms with E-state index in [1.165, 1.54) is 12.1 Å². The van der Waals surface area contributed by atoms with E-state index in [9.17, 15) is 4.39 Å². The van der Waals surface area contributed by atoms with Gasteiger partial charge in [0.2, 0.25) is 0 Å².